The molecule has 2 atom stereocenters. The summed E-state index contributed by atoms with van der Waals surface area (Å²) in [7, 11) is 0. The summed E-state index contributed by atoms with van der Waals surface area (Å²) in [6.45, 7) is 1.93. The number of aryl methyl sites for hydroxylation is 1. The van der Waals surface area contributed by atoms with E-state index in [1.165, 1.54) is 0 Å². The average molecular weight is 319 g/mol. The highest BCUT2D eigenvalue weighted by atomic mass is 16.2. The summed E-state index contributed by atoms with van der Waals surface area (Å²) in [5, 5.41) is 14.4. The first kappa shape index (κ1) is 15.8. The summed E-state index contributed by atoms with van der Waals surface area (Å²) in [6.07, 6.45) is 0.555. The lowest BCUT2D eigenvalue weighted by Gasteiger charge is -2.08. The fourth-order valence-corrected chi connectivity index (χ4v) is 2.58. The van der Waals surface area contributed by atoms with E-state index in [-0.39, 0.29) is 23.7 Å². The van der Waals surface area contributed by atoms with Gasteiger partial charge in [-0.3, -0.25) is 9.59 Å². The van der Waals surface area contributed by atoms with E-state index in [9.17, 15) is 9.59 Å². The molecule has 1 saturated carbocycles. The molecule has 24 heavy (non-hydrogen) atoms. The van der Waals surface area contributed by atoms with Crippen LogP contribution in [0.1, 0.15) is 17.5 Å². The van der Waals surface area contributed by atoms with Crippen LogP contribution in [0.2, 0.25) is 0 Å². The Kier molecular flexibility index (Phi) is 4.30. The van der Waals surface area contributed by atoms with Crippen LogP contribution in [0, 0.1) is 30.1 Å². The Labute approximate surface area is 140 Å². The molecular weight excluding hydrogens is 302 g/mol. The van der Waals surface area contributed by atoms with Crippen molar-refractivity contribution < 1.29 is 9.59 Å². The molecule has 2 unspecified atom stereocenters. The van der Waals surface area contributed by atoms with Gasteiger partial charge in [0.15, 0.2) is 0 Å². The number of nitrogens with zero attached hydrogens (tertiary/aromatic N) is 1. The molecule has 120 valence electrons. The Morgan fingerprint density at radius 3 is 2.25 bits per heavy atom. The molecule has 1 aliphatic rings. The number of benzene rings is 2. The Morgan fingerprint density at radius 2 is 1.62 bits per heavy atom. The number of carbonyl (C=O) groups excluding carboxylic acids is 2. The van der Waals surface area contributed by atoms with Crippen LogP contribution in [0.3, 0.4) is 0 Å². The fourth-order valence-electron chi connectivity index (χ4n) is 2.58. The number of carbonyl (C=O) groups is 2. The van der Waals surface area contributed by atoms with Gasteiger partial charge in [0.1, 0.15) is 0 Å². The van der Waals surface area contributed by atoms with Gasteiger partial charge < -0.3 is 10.6 Å². The van der Waals surface area contributed by atoms with Crippen LogP contribution in [-0.4, -0.2) is 11.8 Å². The van der Waals surface area contributed by atoms with Crippen LogP contribution in [0.5, 0.6) is 0 Å². The Morgan fingerprint density at radius 1 is 1.00 bits per heavy atom. The first-order valence-corrected chi connectivity index (χ1v) is 7.76. The molecule has 2 amide bonds. The van der Waals surface area contributed by atoms with Crippen molar-refractivity contribution in [3.05, 3.63) is 59.7 Å². The van der Waals surface area contributed by atoms with Crippen molar-refractivity contribution in [1.82, 2.24) is 0 Å². The third-order valence-corrected chi connectivity index (χ3v) is 4.15. The molecule has 5 nitrogen and oxygen atoms in total. The molecule has 2 N–H and O–H groups in total. The van der Waals surface area contributed by atoms with Crippen molar-refractivity contribution in [2.24, 2.45) is 11.8 Å². The first-order valence-electron chi connectivity index (χ1n) is 7.76. The quantitative estimate of drug-likeness (QED) is 0.908. The smallest absolute Gasteiger partial charge is 0.228 e. The highest BCUT2D eigenvalue weighted by molar-refractivity contribution is 6.03. The van der Waals surface area contributed by atoms with Gasteiger partial charge in [-0.05, 0) is 49.2 Å². The zero-order valence-electron chi connectivity index (χ0n) is 13.2. The summed E-state index contributed by atoms with van der Waals surface area (Å²) in [5.41, 5.74) is 2.93. The maximum atomic E-state index is 12.3. The Balaban J connectivity index is 1.56. The van der Waals surface area contributed by atoms with Crippen molar-refractivity contribution >= 4 is 23.2 Å². The van der Waals surface area contributed by atoms with Gasteiger partial charge in [0.2, 0.25) is 11.8 Å². The Hall–Kier alpha value is -3.13. The van der Waals surface area contributed by atoms with E-state index in [0.717, 1.165) is 11.3 Å². The topological polar surface area (TPSA) is 82.0 Å². The van der Waals surface area contributed by atoms with Crippen molar-refractivity contribution in [2.45, 2.75) is 13.3 Å². The normalized spacial score (nSPS) is 18.3. The number of nitrogens with one attached hydrogen (secondary N) is 2. The van der Waals surface area contributed by atoms with Gasteiger partial charge in [0.25, 0.3) is 0 Å². The molecule has 0 aromatic heterocycles. The van der Waals surface area contributed by atoms with Gasteiger partial charge in [0.05, 0.1) is 23.5 Å². The highest BCUT2D eigenvalue weighted by Gasteiger charge is 2.48. The number of rotatable bonds is 4. The number of hydrogen-bond donors (Lipinski definition) is 2. The van der Waals surface area contributed by atoms with Crippen molar-refractivity contribution in [2.75, 3.05) is 10.6 Å². The highest BCUT2D eigenvalue weighted by Crippen LogP contribution is 2.40. The third-order valence-electron chi connectivity index (χ3n) is 4.15. The molecule has 0 heterocycles. The van der Waals surface area contributed by atoms with E-state index in [1.807, 2.05) is 37.3 Å². The molecule has 0 bridgehead atoms. The zero-order chi connectivity index (χ0) is 17.1. The predicted molar refractivity (Wildman–Crippen MR) is 91.2 cm³/mol. The van der Waals surface area contributed by atoms with Gasteiger partial charge in [-0.2, -0.15) is 5.26 Å². The van der Waals surface area contributed by atoms with Crippen LogP contribution in [0.25, 0.3) is 0 Å². The number of nitriles is 1. The summed E-state index contributed by atoms with van der Waals surface area (Å²) in [6, 6.07) is 16.2. The summed E-state index contributed by atoms with van der Waals surface area (Å²) in [5.74, 6) is -0.874. The monoisotopic (exact) mass is 319 g/mol. The predicted octanol–water partition coefficient (Wildman–Crippen LogP) is 3.08. The summed E-state index contributed by atoms with van der Waals surface area (Å²) < 4.78 is 0. The molecule has 5 heteroatoms. The second-order valence-electron chi connectivity index (χ2n) is 5.93. The van der Waals surface area contributed by atoms with Crippen LogP contribution in [-0.2, 0) is 9.59 Å². The third kappa shape index (κ3) is 3.44. The lowest BCUT2D eigenvalue weighted by molar-refractivity contribution is -0.122. The molecular formula is C19H17N3O2. The van der Waals surface area contributed by atoms with Crippen LogP contribution in [0.4, 0.5) is 11.4 Å². The molecule has 0 aliphatic heterocycles. The van der Waals surface area contributed by atoms with Crippen molar-refractivity contribution in [3.8, 4) is 6.07 Å². The average Bonchev–Trinajstić information content (AvgIpc) is 3.38. The molecule has 1 fully saturated rings. The maximum Gasteiger partial charge on any atom is 0.228 e. The SMILES string of the molecule is Cc1ccccc1NC(=O)C1CC1C(=O)Nc1ccc(C#N)cc1. The fraction of sp³-hybridized carbons (Fsp3) is 0.211. The molecule has 0 saturated heterocycles. The lowest BCUT2D eigenvalue weighted by atomic mass is 10.2. The molecule has 3 rings (SSSR count). The first-order chi connectivity index (χ1) is 11.6. The lowest BCUT2D eigenvalue weighted by Crippen LogP contribution is -2.20. The standard InChI is InChI=1S/C19H17N3O2/c1-12-4-2-3-5-17(12)22-19(24)16-10-15(16)18(23)21-14-8-6-13(11-20)7-9-14/h2-9,15-16H,10H2,1H3,(H,21,23)(H,22,24). The van der Waals surface area contributed by atoms with Crippen LogP contribution in [0.15, 0.2) is 48.5 Å². The largest absolute Gasteiger partial charge is 0.326 e. The van der Waals surface area contributed by atoms with E-state index >= 15 is 0 Å². The maximum absolute atomic E-state index is 12.3. The van der Waals surface area contributed by atoms with Crippen molar-refractivity contribution in [3.63, 3.8) is 0 Å². The van der Waals surface area contributed by atoms with E-state index in [1.54, 1.807) is 24.3 Å². The minimum Gasteiger partial charge on any atom is -0.326 e. The van der Waals surface area contributed by atoms with Gasteiger partial charge in [0, 0.05) is 11.4 Å². The summed E-state index contributed by atoms with van der Waals surface area (Å²) in [4.78, 5) is 24.5. The molecule has 2 aromatic carbocycles. The minimum absolute atomic E-state index is 0.121. The van der Waals surface area contributed by atoms with Gasteiger partial charge in [-0.25, -0.2) is 0 Å². The van der Waals surface area contributed by atoms with E-state index in [0.29, 0.717) is 17.7 Å². The second-order valence-corrected chi connectivity index (χ2v) is 5.93. The number of anilines is 2. The van der Waals surface area contributed by atoms with Gasteiger partial charge >= 0.3 is 0 Å². The van der Waals surface area contributed by atoms with Crippen molar-refractivity contribution in [1.29, 1.82) is 5.26 Å². The minimum atomic E-state index is -0.301. The zero-order valence-corrected chi connectivity index (χ0v) is 13.2. The molecule has 0 radical (unpaired) electrons. The number of hydrogen-bond acceptors (Lipinski definition) is 3. The van der Waals surface area contributed by atoms with Gasteiger partial charge in [-0.1, -0.05) is 18.2 Å². The van der Waals surface area contributed by atoms with E-state index in [2.05, 4.69) is 10.6 Å². The number of amides is 2. The Bertz CT molecular complexity index is 821. The molecule has 0 spiro atoms. The molecule has 1 aliphatic carbocycles. The van der Waals surface area contributed by atoms with Gasteiger partial charge in [-0.15, -0.1) is 0 Å². The number of para-hydroxylation sites is 1. The second kappa shape index (κ2) is 6.55. The van der Waals surface area contributed by atoms with E-state index in [4.69, 9.17) is 5.26 Å². The van der Waals surface area contributed by atoms with Crippen LogP contribution < -0.4 is 10.6 Å². The van der Waals surface area contributed by atoms with E-state index < -0.39 is 0 Å². The van der Waals surface area contributed by atoms with Crippen LogP contribution >= 0.6 is 0 Å². The summed E-state index contributed by atoms with van der Waals surface area (Å²) >= 11 is 0. The molecule has 2 aromatic rings.